The van der Waals surface area contributed by atoms with Gasteiger partial charge in [-0.15, -0.1) is 0 Å². The number of amides is 1. The molecule has 1 aromatic rings. The predicted octanol–water partition coefficient (Wildman–Crippen LogP) is 0.652. The van der Waals surface area contributed by atoms with Crippen molar-refractivity contribution in [1.29, 1.82) is 5.26 Å². The molecule has 2 N–H and O–H groups in total. The molecular formula is C15H14N2O7. The van der Waals surface area contributed by atoms with E-state index in [1.807, 2.05) is 6.07 Å². The van der Waals surface area contributed by atoms with Crippen LogP contribution in [0.5, 0.6) is 11.5 Å². The van der Waals surface area contributed by atoms with Crippen molar-refractivity contribution in [2.45, 2.75) is 18.5 Å². The van der Waals surface area contributed by atoms with E-state index in [2.05, 4.69) is 0 Å². The molecule has 1 aromatic carbocycles. The van der Waals surface area contributed by atoms with Gasteiger partial charge in [0, 0.05) is 11.6 Å². The minimum absolute atomic E-state index is 0.0504. The SMILES string of the molecule is COc1cc(OC)c2c(c1)C(=O)N(C(CC(=O)O)C(=O)O)C2C#N. The van der Waals surface area contributed by atoms with Crippen LogP contribution in [0.4, 0.5) is 0 Å². The number of methoxy groups -OCH3 is 2. The van der Waals surface area contributed by atoms with Crippen LogP contribution in [0.2, 0.25) is 0 Å². The van der Waals surface area contributed by atoms with E-state index in [0.717, 1.165) is 4.90 Å². The van der Waals surface area contributed by atoms with Crippen molar-refractivity contribution >= 4 is 17.8 Å². The second kappa shape index (κ2) is 6.45. The molecule has 0 saturated heterocycles. The van der Waals surface area contributed by atoms with Crippen LogP contribution in [0.25, 0.3) is 0 Å². The number of nitrogens with zero attached hydrogens (tertiary/aromatic N) is 2. The lowest BCUT2D eigenvalue weighted by molar-refractivity contribution is -0.149. The van der Waals surface area contributed by atoms with Crippen LogP contribution in [0.1, 0.15) is 28.4 Å². The third-order valence-electron chi connectivity index (χ3n) is 3.70. The summed E-state index contributed by atoms with van der Waals surface area (Å²) < 4.78 is 10.2. The highest BCUT2D eigenvalue weighted by atomic mass is 16.5. The molecule has 9 nitrogen and oxygen atoms in total. The fourth-order valence-electron chi connectivity index (χ4n) is 2.66. The molecule has 1 amide bonds. The largest absolute Gasteiger partial charge is 0.497 e. The minimum Gasteiger partial charge on any atom is -0.497 e. The van der Waals surface area contributed by atoms with Crippen LogP contribution in [-0.2, 0) is 9.59 Å². The predicted molar refractivity (Wildman–Crippen MR) is 77.7 cm³/mol. The standard InChI is InChI=1S/C15H14N2O7/c1-23-7-3-8-13(11(4-7)24-2)10(6-16)17(14(8)20)9(15(21)22)5-12(18)19/h3-4,9-10H,5H2,1-2H3,(H,18,19)(H,21,22). The Labute approximate surface area is 136 Å². The summed E-state index contributed by atoms with van der Waals surface area (Å²) in [7, 11) is 2.72. The molecule has 0 aliphatic carbocycles. The van der Waals surface area contributed by atoms with Crippen LogP contribution in [0.15, 0.2) is 12.1 Å². The molecule has 0 spiro atoms. The minimum atomic E-state index is -1.68. The summed E-state index contributed by atoms with van der Waals surface area (Å²) in [6, 6.07) is 1.73. The van der Waals surface area contributed by atoms with E-state index < -0.39 is 36.4 Å². The van der Waals surface area contributed by atoms with Gasteiger partial charge in [0.2, 0.25) is 0 Å². The Hall–Kier alpha value is -3.28. The Kier molecular flexibility index (Phi) is 4.59. The summed E-state index contributed by atoms with van der Waals surface area (Å²) in [5.74, 6) is -3.19. The molecule has 1 aliphatic rings. The van der Waals surface area contributed by atoms with Gasteiger partial charge in [0.1, 0.15) is 23.6 Å². The van der Waals surface area contributed by atoms with Gasteiger partial charge in [0.15, 0.2) is 0 Å². The van der Waals surface area contributed by atoms with Crippen LogP contribution >= 0.6 is 0 Å². The third kappa shape index (κ3) is 2.69. The molecule has 9 heteroatoms. The molecule has 1 heterocycles. The summed E-state index contributed by atoms with van der Waals surface area (Å²) in [5.41, 5.74) is 0.247. The van der Waals surface area contributed by atoms with Gasteiger partial charge in [0.25, 0.3) is 5.91 Å². The van der Waals surface area contributed by atoms with E-state index in [-0.39, 0.29) is 16.9 Å². The quantitative estimate of drug-likeness (QED) is 0.773. The van der Waals surface area contributed by atoms with E-state index in [4.69, 9.17) is 14.6 Å². The maximum Gasteiger partial charge on any atom is 0.327 e. The first-order chi connectivity index (χ1) is 11.3. The molecule has 0 radical (unpaired) electrons. The first-order valence-electron chi connectivity index (χ1n) is 6.78. The molecule has 0 aromatic heterocycles. The van der Waals surface area contributed by atoms with Crippen molar-refractivity contribution in [3.8, 4) is 17.6 Å². The zero-order valence-electron chi connectivity index (χ0n) is 12.8. The van der Waals surface area contributed by atoms with Gasteiger partial charge < -0.3 is 24.6 Å². The summed E-state index contributed by atoms with van der Waals surface area (Å²) in [5, 5.41) is 27.6. The third-order valence-corrected chi connectivity index (χ3v) is 3.70. The second-order valence-corrected chi connectivity index (χ2v) is 4.99. The van der Waals surface area contributed by atoms with Gasteiger partial charge in [-0.25, -0.2) is 4.79 Å². The normalized spacial score (nSPS) is 17.0. The Morgan fingerprint density at radius 2 is 2.00 bits per heavy atom. The number of fused-ring (bicyclic) bond motifs is 1. The van der Waals surface area contributed by atoms with Gasteiger partial charge in [-0.3, -0.25) is 9.59 Å². The topological polar surface area (TPSA) is 137 Å². The number of carboxylic acid groups (broad SMARTS) is 2. The Morgan fingerprint density at radius 3 is 2.46 bits per heavy atom. The summed E-state index contributed by atoms with van der Waals surface area (Å²) in [6.07, 6.45) is -0.827. The Balaban J connectivity index is 2.61. The number of hydrogen-bond donors (Lipinski definition) is 2. The number of nitriles is 1. The average molecular weight is 334 g/mol. The molecule has 126 valence electrons. The number of carbonyl (C=O) groups is 3. The number of ether oxygens (including phenoxy) is 2. The number of aliphatic carboxylic acids is 2. The van der Waals surface area contributed by atoms with Crippen molar-refractivity contribution in [2.75, 3.05) is 14.2 Å². The fourth-order valence-corrected chi connectivity index (χ4v) is 2.66. The van der Waals surface area contributed by atoms with E-state index >= 15 is 0 Å². The molecule has 2 unspecified atom stereocenters. The molecule has 24 heavy (non-hydrogen) atoms. The fraction of sp³-hybridized carbons (Fsp3) is 0.333. The Morgan fingerprint density at radius 1 is 1.33 bits per heavy atom. The molecule has 0 saturated carbocycles. The lowest BCUT2D eigenvalue weighted by Gasteiger charge is -2.26. The Bertz CT molecular complexity index is 753. The first kappa shape index (κ1) is 17.1. The van der Waals surface area contributed by atoms with Gasteiger partial charge in [-0.2, -0.15) is 5.26 Å². The number of rotatable bonds is 6. The maximum atomic E-state index is 12.6. The van der Waals surface area contributed by atoms with Gasteiger partial charge in [0.05, 0.1) is 32.3 Å². The zero-order valence-corrected chi connectivity index (χ0v) is 12.8. The highest BCUT2D eigenvalue weighted by Gasteiger charge is 2.46. The zero-order chi connectivity index (χ0) is 18.0. The first-order valence-corrected chi connectivity index (χ1v) is 6.78. The molecule has 0 bridgehead atoms. The summed E-state index contributed by atoms with van der Waals surface area (Å²) >= 11 is 0. The van der Waals surface area contributed by atoms with E-state index in [1.54, 1.807) is 0 Å². The van der Waals surface area contributed by atoms with E-state index in [0.29, 0.717) is 5.75 Å². The van der Waals surface area contributed by atoms with Crippen molar-refractivity contribution in [1.82, 2.24) is 4.90 Å². The van der Waals surface area contributed by atoms with Crippen LogP contribution < -0.4 is 9.47 Å². The molecule has 0 fully saturated rings. The van der Waals surface area contributed by atoms with E-state index in [1.165, 1.54) is 26.4 Å². The molecule has 1 aliphatic heterocycles. The smallest absolute Gasteiger partial charge is 0.327 e. The monoisotopic (exact) mass is 334 g/mol. The lowest BCUT2D eigenvalue weighted by atomic mass is 10.0. The lowest BCUT2D eigenvalue weighted by Crippen LogP contribution is -2.44. The van der Waals surface area contributed by atoms with Gasteiger partial charge >= 0.3 is 11.9 Å². The van der Waals surface area contributed by atoms with Crippen LogP contribution in [-0.4, -0.2) is 53.2 Å². The number of carbonyl (C=O) groups excluding carboxylic acids is 1. The second-order valence-electron chi connectivity index (χ2n) is 4.99. The van der Waals surface area contributed by atoms with Crippen molar-refractivity contribution in [3.05, 3.63) is 23.3 Å². The van der Waals surface area contributed by atoms with Crippen molar-refractivity contribution in [3.63, 3.8) is 0 Å². The molecule has 2 atom stereocenters. The molecular weight excluding hydrogens is 320 g/mol. The van der Waals surface area contributed by atoms with Crippen LogP contribution in [0, 0.1) is 11.3 Å². The van der Waals surface area contributed by atoms with Gasteiger partial charge in [-0.1, -0.05) is 0 Å². The van der Waals surface area contributed by atoms with E-state index in [9.17, 15) is 24.8 Å². The van der Waals surface area contributed by atoms with Crippen LogP contribution in [0.3, 0.4) is 0 Å². The maximum absolute atomic E-state index is 12.6. The number of hydrogen-bond acceptors (Lipinski definition) is 6. The highest BCUT2D eigenvalue weighted by molar-refractivity contribution is 6.03. The summed E-state index contributed by atoms with van der Waals surface area (Å²) in [6.45, 7) is 0. The number of carboxylic acids is 2. The average Bonchev–Trinajstić information content (AvgIpc) is 2.83. The molecule has 2 rings (SSSR count). The van der Waals surface area contributed by atoms with Crippen molar-refractivity contribution < 1.29 is 34.1 Å². The number of benzene rings is 1. The van der Waals surface area contributed by atoms with Crippen molar-refractivity contribution in [2.24, 2.45) is 0 Å². The highest BCUT2D eigenvalue weighted by Crippen LogP contribution is 2.43. The summed E-state index contributed by atoms with van der Waals surface area (Å²) in [4.78, 5) is 35.8. The van der Waals surface area contributed by atoms with Gasteiger partial charge in [-0.05, 0) is 6.07 Å².